The molecule has 26 heavy (non-hydrogen) atoms. The third kappa shape index (κ3) is 4.15. The molecule has 1 aliphatic rings. The summed E-state index contributed by atoms with van der Waals surface area (Å²) in [7, 11) is 0. The van der Waals surface area contributed by atoms with E-state index in [1.54, 1.807) is 11.0 Å². The van der Waals surface area contributed by atoms with E-state index in [1.165, 1.54) is 18.1 Å². The van der Waals surface area contributed by atoms with Crippen LogP contribution in [-0.4, -0.2) is 35.8 Å². The van der Waals surface area contributed by atoms with E-state index >= 15 is 0 Å². The maximum Gasteiger partial charge on any atom is 0.257 e. The first-order valence-electron chi connectivity index (χ1n) is 9.25. The van der Waals surface area contributed by atoms with Crippen LogP contribution in [0.1, 0.15) is 48.5 Å². The average Bonchev–Trinajstić information content (AvgIpc) is 3.22. The number of likely N-dealkylation sites (tertiary alicyclic amines) is 1. The lowest BCUT2D eigenvalue weighted by molar-refractivity contribution is -0.127. The number of carbonyl (C=O) groups excluding carboxylic acids is 2. The highest BCUT2D eigenvalue weighted by Crippen LogP contribution is 2.31. The first-order chi connectivity index (χ1) is 12.6. The van der Waals surface area contributed by atoms with E-state index in [0.29, 0.717) is 18.7 Å². The minimum atomic E-state index is -0.209. The van der Waals surface area contributed by atoms with Crippen LogP contribution in [0.4, 0.5) is 0 Å². The standard InChI is InChI=1S/C21H26N2O3/c1-3-15(2)22-20(24)19-11-18(16-7-5-4-6-8-16)12-23(13-19)21(25)17-9-10-26-14-17/h4-10,14-15,18-19H,3,11-13H2,1-2H3,(H,22,24)/t15-,18-,19+/m0/s1. The maximum absolute atomic E-state index is 12.8. The monoisotopic (exact) mass is 354 g/mol. The fraction of sp³-hybridized carbons (Fsp3) is 0.429. The molecule has 0 unspecified atom stereocenters. The first-order valence-corrected chi connectivity index (χ1v) is 9.25. The van der Waals surface area contributed by atoms with Crippen molar-refractivity contribution in [1.82, 2.24) is 10.2 Å². The lowest BCUT2D eigenvalue weighted by atomic mass is 9.83. The minimum absolute atomic E-state index is 0.0324. The molecule has 1 aromatic heterocycles. The minimum Gasteiger partial charge on any atom is -0.472 e. The molecule has 138 valence electrons. The second-order valence-corrected chi connectivity index (χ2v) is 7.08. The van der Waals surface area contributed by atoms with Crippen molar-refractivity contribution in [3.8, 4) is 0 Å². The van der Waals surface area contributed by atoms with Gasteiger partial charge in [0.2, 0.25) is 5.91 Å². The van der Waals surface area contributed by atoms with Gasteiger partial charge in [0.25, 0.3) is 5.91 Å². The molecule has 2 amide bonds. The summed E-state index contributed by atoms with van der Waals surface area (Å²) >= 11 is 0. The molecule has 5 heteroatoms. The van der Waals surface area contributed by atoms with Crippen LogP contribution in [0.25, 0.3) is 0 Å². The molecule has 0 saturated carbocycles. The molecule has 5 nitrogen and oxygen atoms in total. The highest BCUT2D eigenvalue weighted by molar-refractivity contribution is 5.94. The van der Waals surface area contributed by atoms with Crippen LogP contribution in [0.5, 0.6) is 0 Å². The zero-order valence-corrected chi connectivity index (χ0v) is 15.4. The summed E-state index contributed by atoms with van der Waals surface area (Å²) in [5.74, 6) is -0.113. The number of nitrogens with one attached hydrogen (secondary N) is 1. The normalized spacial score (nSPS) is 21.2. The van der Waals surface area contributed by atoms with Crippen LogP contribution in [0.2, 0.25) is 0 Å². The van der Waals surface area contributed by atoms with Gasteiger partial charge in [-0.1, -0.05) is 37.3 Å². The fourth-order valence-electron chi connectivity index (χ4n) is 3.45. The Hall–Kier alpha value is -2.56. The summed E-state index contributed by atoms with van der Waals surface area (Å²) in [4.78, 5) is 27.3. The van der Waals surface area contributed by atoms with E-state index in [-0.39, 0.29) is 29.7 Å². The molecule has 1 aliphatic heterocycles. The van der Waals surface area contributed by atoms with Crippen LogP contribution in [0.15, 0.2) is 53.3 Å². The highest BCUT2D eigenvalue weighted by atomic mass is 16.3. The van der Waals surface area contributed by atoms with E-state index in [1.807, 2.05) is 32.0 Å². The van der Waals surface area contributed by atoms with E-state index in [4.69, 9.17) is 4.42 Å². The maximum atomic E-state index is 12.8. The molecular weight excluding hydrogens is 328 g/mol. The number of hydrogen-bond donors (Lipinski definition) is 1. The van der Waals surface area contributed by atoms with Crippen LogP contribution in [0.3, 0.4) is 0 Å². The number of amides is 2. The lowest BCUT2D eigenvalue weighted by Gasteiger charge is -2.37. The van der Waals surface area contributed by atoms with Crippen molar-refractivity contribution < 1.29 is 14.0 Å². The second kappa shape index (κ2) is 8.21. The third-order valence-corrected chi connectivity index (χ3v) is 5.15. The predicted octanol–water partition coefficient (Wildman–Crippen LogP) is 3.44. The number of carbonyl (C=O) groups is 2. The number of furan rings is 1. The van der Waals surface area contributed by atoms with Crippen molar-refractivity contribution in [2.24, 2.45) is 5.92 Å². The molecule has 0 spiro atoms. The third-order valence-electron chi connectivity index (χ3n) is 5.15. The molecule has 0 radical (unpaired) electrons. The van der Waals surface area contributed by atoms with Gasteiger partial charge in [0.15, 0.2) is 0 Å². The predicted molar refractivity (Wildman–Crippen MR) is 99.8 cm³/mol. The summed E-state index contributed by atoms with van der Waals surface area (Å²) < 4.78 is 5.05. The number of rotatable bonds is 5. The highest BCUT2D eigenvalue weighted by Gasteiger charge is 2.35. The molecule has 3 atom stereocenters. The van der Waals surface area contributed by atoms with Gasteiger partial charge >= 0.3 is 0 Å². The Balaban J connectivity index is 1.81. The molecule has 1 N–H and O–H groups in total. The molecule has 2 aromatic rings. The van der Waals surface area contributed by atoms with Gasteiger partial charge in [0.05, 0.1) is 17.7 Å². The Morgan fingerprint density at radius 3 is 2.65 bits per heavy atom. The zero-order chi connectivity index (χ0) is 18.5. The van der Waals surface area contributed by atoms with Crippen molar-refractivity contribution in [3.05, 3.63) is 60.1 Å². The van der Waals surface area contributed by atoms with Crippen LogP contribution in [0, 0.1) is 5.92 Å². The van der Waals surface area contributed by atoms with Crippen molar-refractivity contribution >= 4 is 11.8 Å². The molecule has 0 aliphatic carbocycles. The Kier molecular flexibility index (Phi) is 5.76. The van der Waals surface area contributed by atoms with Crippen molar-refractivity contribution in [2.45, 2.75) is 38.6 Å². The summed E-state index contributed by atoms with van der Waals surface area (Å²) in [6.07, 6.45) is 4.60. The van der Waals surface area contributed by atoms with Gasteiger partial charge < -0.3 is 14.6 Å². The lowest BCUT2D eigenvalue weighted by Crippen LogP contribution is -2.49. The Labute approximate surface area is 154 Å². The molecular formula is C21H26N2O3. The Morgan fingerprint density at radius 1 is 1.23 bits per heavy atom. The number of piperidine rings is 1. The second-order valence-electron chi connectivity index (χ2n) is 7.08. The first kappa shape index (κ1) is 18.2. The Bertz CT molecular complexity index is 727. The van der Waals surface area contributed by atoms with Gasteiger partial charge in [-0.25, -0.2) is 0 Å². The van der Waals surface area contributed by atoms with Crippen molar-refractivity contribution in [2.75, 3.05) is 13.1 Å². The number of nitrogens with zero attached hydrogens (tertiary/aromatic N) is 1. The van der Waals surface area contributed by atoms with Gasteiger partial charge in [0, 0.05) is 25.0 Å². The van der Waals surface area contributed by atoms with Crippen LogP contribution >= 0.6 is 0 Å². The quantitative estimate of drug-likeness (QED) is 0.895. The largest absolute Gasteiger partial charge is 0.472 e. The summed E-state index contributed by atoms with van der Waals surface area (Å²) in [5.41, 5.74) is 1.69. The topological polar surface area (TPSA) is 62.6 Å². The SMILES string of the molecule is CC[C@H](C)NC(=O)[C@@H]1C[C@H](c2ccccc2)CN(C(=O)c2ccoc2)C1. The van der Waals surface area contributed by atoms with Gasteiger partial charge in [0.1, 0.15) is 6.26 Å². The van der Waals surface area contributed by atoms with Gasteiger partial charge in [-0.2, -0.15) is 0 Å². The molecule has 3 rings (SSSR count). The molecule has 1 fully saturated rings. The average molecular weight is 354 g/mol. The van der Waals surface area contributed by atoms with Crippen LogP contribution in [-0.2, 0) is 4.79 Å². The van der Waals surface area contributed by atoms with E-state index in [2.05, 4.69) is 17.4 Å². The molecule has 2 heterocycles. The summed E-state index contributed by atoms with van der Waals surface area (Å²) in [6, 6.07) is 11.9. The van der Waals surface area contributed by atoms with Crippen molar-refractivity contribution in [3.63, 3.8) is 0 Å². The van der Waals surface area contributed by atoms with E-state index in [0.717, 1.165) is 12.8 Å². The smallest absolute Gasteiger partial charge is 0.257 e. The number of hydrogen-bond acceptors (Lipinski definition) is 3. The molecule has 0 bridgehead atoms. The molecule has 1 aromatic carbocycles. The van der Waals surface area contributed by atoms with E-state index < -0.39 is 0 Å². The van der Waals surface area contributed by atoms with E-state index in [9.17, 15) is 9.59 Å². The zero-order valence-electron chi connectivity index (χ0n) is 15.4. The van der Waals surface area contributed by atoms with Crippen molar-refractivity contribution in [1.29, 1.82) is 0 Å². The number of benzene rings is 1. The van der Waals surface area contributed by atoms with Gasteiger partial charge in [-0.3, -0.25) is 9.59 Å². The molecule has 1 saturated heterocycles. The summed E-state index contributed by atoms with van der Waals surface area (Å²) in [5, 5.41) is 3.07. The van der Waals surface area contributed by atoms with Gasteiger partial charge in [-0.15, -0.1) is 0 Å². The Morgan fingerprint density at radius 2 is 2.00 bits per heavy atom. The summed E-state index contributed by atoms with van der Waals surface area (Å²) in [6.45, 7) is 5.11. The van der Waals surface area contributed by atoms with Crippen LogP contribution < -0.4 is 5.32 Å². The fourth-order valence-corrected chi connectivity index (χ4v) is 3.45. The van der Waals surface area contributed by atoms with Gasteiger partial charge in [-0.05, 0) is 31.4 Å².